The zero-order valence-electron chi connectivity index (χ0n) is 14.7. The van der Waals surface area contributed by atoms with Crippen LogP contribution in [-0.2, 0) is 22.8 Å². The first-order valence-electron chi connectivity index (χ1n) is 8.21. The molecule has 0 radical (unpaired) electrons. The van der Waals surface area contributed by atoms with Gasteiger partial charge in [-0.05, 0) is 33.1 Å². The normalized spacial score (nSPS) is 14.4. The van der Waals surface area contributed by atoms with Crippen molar-refractivity contribution < 1.29 is 22.8 Å². The summed E-state index contributed by atoms with van der Waals surface area (Å²) < 4.78 is 22.7. The lowest BCUT2D eigenvalue weighted by Gasteiger charge is -2.32. The molecule has 22 heavy (non-hydrogen) atoms. The topological polar surface area (TPSA) is 54.0 Å². The molecule has 0 amide bonds. The Morgan fingerprint density at radius 2 is 1.73 bits per heavy atom. The molecule has 2 atom stereocenters. The molecule has 0 aromatic heterocycles. The number of ether oxygens (including phenoxy) is 1. The van der Waals surface area contributed by atoms with Crippen LogP contribution in [0.1, 0.15) is 53.9 Å². The summed E-state index contributed by atoms with van der Waals surface area (Å²) in [5.74, 6) is 0.0789. The van der Waals surface area contributed by atoms with Gasteiger partial charge in [0.2, 0.25) is 0 Å². The largest absolute Gasteiger partial charge is 0.503 e. The van der Waals surface area contributed by atoms with E-state index in [1.807, 2.05) is 13.8 Å². The van der Waals surface area contributed by atoms with Crippen LogP contribution in [0.25, 0.3) is 0 Å². The van der Waals surface area contributed by atoms with Crippen LogP contribution in [-0.4, -0.2) is 34.3 Å². The Kier molecular flexibility index (Phi) is 11.4. The highest BCUT2D eigenvalue weighted by molar-refractivity contribution is 6.60. The summed E-state index contributed by atoms with van der Waals surface area (Å²) in [6.07, 6.45) is 3.71. The van der Waals surface area contributed by atoms with Crippen molar-refractivity contribution in [2.45, 2.75) is 66.2 Å². The maximum absolute atomic E-state index is 11.3. The van der Waals surface area contributed by atoms with Gasteiger partial charge in [-0.25, -0.2) is 4.79 Å². The fourth-order valence-electron chi connectivity index (χ4n) is 2.30. The quantitative estimate of drug-likeness (QED) is 0.221. The lowest BCUT2D eigenvalue weighted by molar-refractivity contribution is -0.161. The van der Waals surface area contributed by atoms with Gasteiger partial charge in [0.15, 0.2) is 6.29 Å². The van der Waals surface area contributed by atoms with Crippen molar-refractivity contribution in [1.29, 1.82) is 0 Å². The maximum atomic E-state index is 11.3. The Bertz CT molecular complexity index is 316. The number of esters is 1. The molecule has 0 N–H and O–H groups in total. The van der Waals surface area contributed by atoms with Crippen LogP contribution in [0.4, 0.5) is 0 Å². The van der Waals surface area contributed by atoms with E-state index in [0.29, 0.717) is 19.1 Å². The summed E-state index contributed by atoms with van der Waals surface area (Å²) in [7, 11) is -2.84. The van der Waals surface area contributed by atoms with Gasteiger partial charge in [0.1, 0.15) is 0 Å². The molecule has 2 unspecified atom stereocenters. The molecule has 0 aliphatic carbocycles. The lowest BCUT2D eigenvalue weighted by atomic mass is 10.0. The minimum Gasteiger partial charge on any atom is -0.434 e. The zero-order chi connectivity index (χ0) is 17.0. The fraction of sp³-hybridized carbons (Fsp3) is 0.812. The molecule has 130 valence electrons. The molecule has 0 bridgehead atoms. The third kappa shape index (κ3) is 8.68. The standard InChI is InChI=1S/C16H32O5Si/c1-7-11-14(5)12-13-22(18-9-3,19-10-4)21-15(6)20-16(17)8-2/h8,14-15H,2,7,9-13H2,1,3-6H3. The van der Waals surface area contributed by atoms with Crippen LogP contribution in [0.5, 0.6) is 0 Å². The van der Waals surface area contributed by atoms with Crippen molar-refractivity contribution in [3.63, 3.8) is 0 Å². The van der Waals surface area contributed by atoms with Crippen LogP contribution in [0, 0.1) is 5.92 Å². The number of rotatable bonds is 13. The molecule has 0 saturated carbocycles. The van der Waals surface area contributed by atoms with Crippen LogP contribution in [0.15, 0.2) is 12.7 Å². The summed E-state index contributed by atoms with van der Waals surface area (Å²) in [4.78, 5) is 11.3. The Morgan fingerprint density at radius 3 is 2.18 bits per heavy atom. The first-order chi connectivity index (χ1) is 10.4. The minimum absolute atomic E-state index is 0.510. The minimum atomic E-state index is -2.84. The van der Waals surface area contributed by atoms with Crippen molar-refractivity contribution in [2.24, 2.45) is 5.92 Å². The molecule has 0 saturated heterocycles. The van der Waals surface area contributed by atoms with E-state index in [-0.39, 0.29) is 0 Å². The van der Waals surface area contributed by atoms with Crippen molar-refractivity contribution in [3.8, 4) is 0 Å². The number of hydrogen-bond acceptors (Lipinski definition) is 5. The molecule has 0 heterocycles. The number of carbonyl (C=O) groups is 1. The average molecular weight is 333 g/mol. The van der Waals surface area contributed by atoms with E-state index in [0.717, 1.165) is 25.0 Å². The molecule has 0 aromatic carbocycles. The maximum Gasteiger partial charge on any atom is 0.503 e. The second-order valence-corrected chi connectivity index (χ2v) is 7.99. The first kappa shape index (κ1) is 21.3. The van der Waals surface area contributed by atoms with E-state index in [4.69, 9.17) is 18.0 Å². The second-order valence-electron chi connectivity index (χ2n) is 5.31. The predicted molar refractivity (Wildman–Crippen MR) is 89.3 cm³/mol. The zero-order valence-corrected chi connectivity index (χ0v) is 15.7. The Hall–Kier alpha value is -0.693. The van der Waals surface area contributed by atoms with E-state index in [9.17, 15) is 4.79 Å². The van der Waals surface area contributed by atoms with Gasteiger partial charge in [-0.1, -0.05) is 33.3 Å². The monoisotopic (exact) mass is 332 g/mol. The SMILES string of the molecule is C=CC(=O)OC(C)O[Si](CCC(C)CCC)(OCC)OCC. The van der Waals surface area contributed by atoms with E-state index >= 15 is 0 Å². The molecule has 0 aliphatic rings. The lowest BCUT2D eigenvalue weighted by Crippen LogP contribution is -2.49. The summed E-state index contributed by atoms with van der Waals surface area (Å²) in [6.45, 7) is 14.3. The third-order valence-corrected chi connectivity index (χ3v) is 6.30. The van der Waals surface area contributed by atoms with Crippen molar-refractivity contribution in [3.05, 3.63) is 12.7 Å². The highest BCUT2D eigenvalue weighted by Crippen LogP contribution is 2.25. The second kappa shape index (κ2) is 11.8. The Balaban J connectivity index is 4.81. The van der Waals surface area contributed by atoms with Gasteiger partial charge in [0.05, 0.1) is 0 Å². The fourth-order valence-corrected chi connectivity index (χ4v) is 5.21. The molecule has 0 fully saturated rings. The van der Waals surface area contributed by atoms with E-state index < -0.39 is 21.1 Å². The summed E-state index contributed by atoms with van der Waals surface area (Å²) in [5.41, 5.74) is 0. The summed E-state index contributed by atoms with van der Waals surface area (Å²) >= 11 is 0. The van der Waals surface area contributed by atoms with Gasteiger partial charge in [-0.3, -0.25) is 0 Å². The van der Waals surface area contributed by atoms with E-state index in [1.165, 1.54) is 6.42 Å². The van der Waals surface area contributed by atoms with Gasteiger partial charge >= 0.3 is 14.8 Å². The van der Waals surface area contributed by atoms with Gasteiger partial charge in [0, 0.05) is 25.3 Å². The van der Waals surface area contributed by atoms with E-state index in [2.05, 4.69) is 20.4 Å². The summed E-state index contributed by atoms with van der Waals surface area (Å²) in [5, 5.41) is 0. The Labute approximate surface area is 136 Å². The van der Waals surface area contributed by atoms with Gasteiger partial charge in [-0.15, -0.1) is 0 Å². The van der Waals surface area contributed by atoms with Gasteiger partial charge < -0.3 is 18.0 Å². The van der Waals surface area contributed by atoms with Crippen LogP contribution in [0.2, 0.25) is 6.04 Å². The molecular weight excluding hydrogens is 300 g/mol. The van der Waals surface area contributed by atoms with Crippen molar-refractivity contribution in [1.82, 2.24) is 0 Å². The molecular formula is C16H32O5Si. The van der Waals surface area contributed by atoms with E-state index in [1.54, 1.807) is 6.92 Å². The predicted octanol–water partition coefficient (Wildman–Crippen LogP) is 3.92. The van der Waals surface area contributed by atoms with Crippen LogP contribution < -0.4 is 0 Å². The summed E-state index contributed by atoms with van der Waals surface area (Å²) in [6, 6.07) is 0.728. The van der Waals surface area contributed by atoms with Crippen LogP contribution in [0.3, 0.4) is 0 Å². The first-order valence-corrected chi connectivity index (χ1v) is 10.1. The molecule has 5 nitrogen and oxygen atoms in total. The van der Waals surface area contributed by atoms with Crippen LogP contribution >= 0.6 is 0 Å². The Morgan fingerprint density at radius 1 is 1.14 bits per heavy atom. The average Bonchev–Trinajstić information content (AvgIpc) is 2.45. The highest BCUT2D eigenvalue weighted by Gasteiger charge is 2.42. The molecule has 6 heteroatoms. The molecule has 0 rings (SSSR count). The smallest absolute Gasteiger partial charge is 0.434 e. The molecule has 0 spiro atoms. The molecule has 0 aliphatic heterocycles. The van der Waals surface area contributed by atoms with Crippen molar-refractivity contribution in [2.75, 3.05) is 13.2 Å². The number of hydrogen-bond donors (Lipinski definition) is 0. The number of carbonyl (C=O) groups excluding carboxylic acids is 1. The third-order valence-electron chi connectivity index (χ3n) is 3.25. The van der Waals surface area contributed by atoms with Gasteiger partial charge in [-0.2, -0.15) is 0 Å². The van der Waals surface area contributed by atoms with Crippen molar-refractivity contribution >= 4 is 14.8 Å². The highest BCUT2D eigenvalue weighted by atomic mass is 28.4. The molecule has 0 aromatic rings. The van der Waals surface area contributed by atoms with Gasteiger partial charge in [0.25, 0.3) is 0 Å².